The van der Waals surface area contributed by atoms with Crippen LogP contribution in [0.1, 0.15) is 58.6 Å². The van der Waals surface area contributed by atoms with Crippen LogP contribution in [0.3, 0.4) is 0 Å². The van der Waals surface area contributed by atoms with Gasteiger partial charge in [0, 0.05) is 12.0 Å². The quantitative estimate of drug-likeness (QED) is 0.366. The lowest BCUT2D eigenvalue weighted by Gasteiger charge is -2.20. The summed E-state index contributed by atoms with van der Waals surface area (Å²) in [4.78, 5) is 12.3. The Labute approximate surface area is 157 Å². The number of carbonyl (C=O) groups is 1. The van der Waals surface area contributed by atoms with Gasteiger partial charge in [-0.3, -0.25) is 4.79 Å². The van der Waals surface area contributed by atoms with Crippen LogP contribution in [0, 0.1) is 17.3 Å². The lowest BCUT2D eigenvalue weighted by atomic mass is 9.97. The summed E-state index contributed by atoms with van der Waals surface area (Å²) in [6.07, 6.45) is 2.46. The number of esters is 1. The lowest BCUT2D eigenvalue weighted by Crippen LogP contribution is -2.24. The molecule has 2 heteroatoms. The molecular formula is C24H28O2. The van der Waals surface area contributed by atoms with E-state index in [-0.39, 0.29) is 5.97 Å². The molecule has 0 radical (unpaired) electrons. The largest absolute Gasteiger partial charge is 0.444 e. The van der Waals surface area contributed by atoms with Gasteiger partial charge in [-0.05, 0) is 38.3 Å². The second-order valence-corrected chi connectivity index (χ2v) is 7.45. The normalized spacial score (nSPS) is 12.0. The zero-order chi connectivity index (χ0) is 19.0. The van der Waals surface area contributed by atoms with Crippen molar-refractivity contribution >= 4 is 5.97 Å². The summed E-state index contributed by atoms with van der Waals surface area (Å²) >= 11 is 0. The molecule has 1 atom stereocenters. The van der Waals surface area contributed by atoms with Crippen LogP contribution in [-0.4, -0.2) is 5.97 Å². The fourth-order valence-electron chi connectivity index (χ4n) is 2.38. The Morgan fingerprint density at radius 1 is 1.00 bits per heavy atom. The van der Waals surface area contributed by atoms with E-state index >= 15 is 0 Å². The first-order chi connectivity index (χ1) is 12.4. The highest BCUT2D eigenvalue weighted by molar-refractivity contribution is 5.76. The van der Waals surface area contributed by atoms with Gasteiger partial charge in [-0.15, -0.1) is 0 Å². The van der Waals surface area contributed by atoms with Gasteiger partial charge in [0.15, 0.2) is 6.10 Å². The molecule has 0 bridgehead atoms. The number of benzene rings is 2. The summed E-state index contributed by atoms with van der Waals surface area (Å²) in [6.45, 7) is 7.71. The molecule has 0 saturated carbocycles. The first kappa shape index (κ1) is 19.8. The van der Waals surface area contributed by atoms with Crippen molar-refractivity contribution in [3.63, 3.8) is 0 Å². The zero-order valence-corrected chi connectivity index (χ0v) is 16.2. The highest BCUT2D eigenvalue weighted by atomic mass is 16.5. The molecule has 0 saturated heterocycles. The molecule has 0 amide bonds. The molecule has 2 aromatic rings. The summed E-state index contributed by atoms with van der Waals surface area (Å²) < 4.78 is 5.71. The van der Waals surface area contributed by atoms with Crippen molar-refractivity contribution in [3.8, 4) is 23.0 Å². The lowest BCUT2D eigenvalue weighted by molar-refractivity contribution is -0.156. The predicted molar refractivity (Wildman–Crippen MR) is 107 cm³/mol. The van der Waals surface area contributed by atoms with Gasteiger partial charge >= 0.3 is 5.97 Å². The van der Waals surface area contributed by atoms with E-state index in [0.717, 1.165) is 36.0 Å². The topological polar surface area (TPSA) is 26.3 Å². The van der Waals surface area contributed by atoms with Crippen LogP contribution in [0.15, 0.2) is 54.6 Å². The fourth-order valence-corrected chi connectivity index (χ4v) is 2.38. The van der Waals surface area contributed by atoms with E-state index in [2.05, 4.69) is 43.0 Å². The van der Waals surface area contributed by atoms with Crippen LogP contribution in [-0.2, 0) is 9.53 Å². The molecule has 0 aromatic heterocycles. The maximum Gasteiger partial charge on any atom is 0.312 e. The summed E-state index contributed by atoms with van der Waals surface area (Å²) in [6, 6.07) is 18.3. The van der Waals surface area contributed by atoms with E-state index in [9.17, 15) is 4.79 Å². The maximum absolute atomic E-state index is 12.3. The molecule has 2 rings (SSSR count). The van der Waals surface area contributed by atoms with E-state index in [1.807, 2.05) is 51.1 Å². The highest BCUT2D eigenvalue weighted by Gasteiger charge is 2.26. The Hall–Kier alpha value is -2.53. The minimum atomic E-state index is -0.548. The van der Waals surface area contributed by atoms with Gasteiger partial charge in [0.2, 0.25) is 0 Å². The monoisotopic (exact) mass is 348 g/mol. The molecule has 26 heavy (non-hydrogen) atoms. The summed E-state index contributed by atoms with van der Waals surface area (Å²) in [5.41, 5.74) is 2.66. The van der Waals surface area contributed by atoms with Crippen LogP contribution in [0.4, 0.5) is 0 Å². The third kappa shape index (κ3) is 5.77. The molecule has 0 heterocycles. The van der Waals surface area contributed by atoms with Gasteiger partial charge in [-0.2, -0.15) is 0 Å². The molecule has 0 aliphatic rings. The van der Waals surface area contributed by atoms with Crippen molar-refractivity contribution < 1.29 is 9.53 Å². The average Bonchev–Trinajstić information content (AvgIpc) is 2.64. The number of hydrogen-bond acceptors (Lipinski definition) is 2. The molecule has 0 aliphatic heterocycles. The Bertz CT molecular complexity index is 756. The smallest absolute Gasteiger partial charge is 0.312 e. The number of ether oxygens (including phenoxy) is 1. The van der Waals surface area contributed by atoms with E-state index < -0.39 is 11.5 Å². The minimum Gasteiger partial charge on any atom is -0.444 e. The van der Waals surface area contributed by atoms with Crippen LogP contribution in [0.5, 0.6) is 0 Å². The number of carbonyl (C=O) groups excluding carboxylic acids is 1. The summed E-state index contributed by atoms with van der Waals surface area (Å²) in [7, 11) is 0. The summed E-state index contributed by atoms with van der Waals surface area (Å²) in [5.74, 6) is 6.06. The van der Waals surface area contributed by atoms with Gasteiger partial charge in [0.25, 0.3) is 0 Å². The van der Waals surface area contributed by atoms with Gasteiger partial charge in [0.05, 0.1) is 5.41 Å². The molecule has 1 unspecified atom stereocenters. The van der Waals surface area contributed by atoms with Gasteiger partial charge in [-0.25, -0.2) is 0 Å². The van der Waals surface area contributed by atoms with E-state index in [0.29, 0.717) is 0 Å². The van der Waals surface area contributed by atoms with Crippen molar-refractivity contribution in [1.29, 1.82) is 0 Å². The Morgan fingerprint density at radius 2 is 1.62 bits per heavy atom. The standard InChI is InChI=1S/C24H28O2/c1-5-6-7-11-14-22(26-23(25)24(2,3)4)21-17-15-20(16-18-21)19-12-9-8-10-13-19/h8-10,12-13,15-18,22H,5-7H2,1-4H3. The van der Waals surface area contributed by atoms with Crippen molar-refractivity contribution in [2.45, 2.75) is 53.1 Å². The first-order valence-electron chi connectivity index (χ1n) is 9.26. The van der Waals surface area contributed by atoms with Crippen LogP contribution >= 0.6 is 0 Å². The Balaban J connectivity index is 2.23. The predicted octanol–water partition coefficient (Wildman–Crippen LogP) is 6.18. The molecule has 2 nitrogen and oxygen atoms in total. The second kappa shape index (κ2) is 9.25. The Kier molecular flexibility index (Phi) is 7.04. The van der Waals surface area contributed by atoms with E-state index in [1.165, 1.54) is 0 Å². The fraction of sp³-hybridized carbons (Fsp3) is 0.375. The van der Waals surface area contributed by atoms with Crippen molar-refractivity contribution in [2.24, 2.45) is 5.41 Å². The van der Waals surface area contributed by atoms with Gasteiger partial charge in [-0.1, -0.05) is 79.8 Å². The molecule has 0 fully saturated rings. The third-order valence-corrected chi connectivity index (χ3v) is 4.05. The molecular weight excluding hydrogens is 320 g/mol. The highest BCUT2D eigenvalue weighted by Crippen LogP contribution is 2.26. The van der Waals surface area contributed by atoms with Crippen LogP contribution in [0.25, 0.3) is 11.1 Å². The molecule has 2 aromatic carbocycles. The molecule has 0 N–H and O–H groups in total. The Morgan fingerprint density at radius 3 is 2.19 bits per heavy atom. The maximum atomic E-state index is 12.3. The van der Waals surface area contributed by atoms with Gasteiger partial charge in [0.1, 0.15) is 0 Å². The molecule has 0 aliphatic carbocycles. The van der Waals surface area contributed by atoms with E-state index in [4.69, 9.17) is 4.74 Å². The summed E-state index contributed by atoms with van der Waals surface area (Å²) in [5, 5.41) is 0. The van der Waals surface area contributed by atoms with Crippen molar-refractivity contribution in [2.75, 3.05) is 0 Å². The molecule has 136 valence electrons. The van der Waals surface area contributed by atoms with E-state index in [1.54, 1.807) is 0 Å². The van der Waals surface area contributed by atoms with Crippen molar-refractivity contribution in [3.05, 3.63) is 60.2 Å². The average molecular weight is 348 g/mol. The van der Waals surface area contributed by atoms with Crippen molar-refractivity contribution in [1.82, 2.24) is 0 Å². The number of unbranched alkanes of at least 4 members (excludes halogenated alkanes) is 2. The van der Waals surface area contributed by atoms with Gasteiger partial charge < -0.3 is 4.74 Å². The number of rotatable bonds is 5. The number of hydrogen-bond donors (Lipinski definition) is 0. The van der Waals surface area contributed by atoms with Crippen LogP contribution in [0.2, 0.25) is 0 Å². The van der Waals surface area contributed by atoms with Crippen LogP contribution < -0.4 is 0 Å². The first-order valence-corrected chi connectivity index (χ1v) is 9.26. The third-order valence-electron chi connectivity index (χ3n) is 4.05. The minimum absolute atomic E-state index is 0.237. The zero-order valence-electron chi connectivity index (χ0n) is 16.2. The second-order valence-electron chi connectivity index (χ2n) is 7.45. The SMILES string of the molecule is CCCCC#CC(OC(=O)C(C)(C)C)c1ccc(-c2ccccc2)cc1. The molecule has 0 spiro atoms.